The summed E-state index contributed by atoms with van der Waals surface area (Å²) in [7, 11) is 0. The van der Waals surface area contributed by atoms with Crippen LogP contribution in [-0.4, -0.2) is 16.6 Å². The number of anilines is 2. The molecule has 0 unspecified atom stereocenters. The first-order valence-corrected chi connectivity index (χ1v) is 7.73. The van der Waals surface area contributed by atoms with Gasteiger partial charge in [-0.3, -0.25) is 4.79 Å². The first-order valence-electron chi connectivity index (χ1n) is 5.95. The Morgan fingerprint density at radius 1 is 1.40 bits per heavy atom. The Kier molecular flexibility index (Phi) is 5.03. The first-order chi connectivity index (χ1) is 9.54. The summed E-state index contributed by atoms with van der Waals surface area (Å²) in [5.41, 5.74) is 8.14. The molecule has 1 amide bonds. The van der Waals surface area contributed by atoms with Gasteiger partial charge in [-0.1, -0.05) is 17.8 Å². The van der Waals surface area contributed by atoms with Gasteiger partial charge in [0.25, 0.3) is 0 Å². The van der Waals surface area contributed by atoms with Gasteiger partial charge in [-0.25, -0.2) is 4.98 Å². The van der Waals surface area contributed by atoms with Crippen LogP contribution in [0.3, 0.4) is 0 Å². The number of pyridine rings is 1. The fraction of sp³-hybridized carbons (Fsp3) is 0.143. The lowest BCUT2D eigenvalue weighted by Gasteiger charge is -2.08. The zero-order valence-corrected chi connectivity index (χ0v) is 13.3. The monoisotopic (exact) mass is 351 g/mol. The van der Waals surface area contributed by atoms with Gasteiger partial charge in [-0.05, 0) is 52.7 Å². The Morgan fingerprint density at radius 2 is 2.20 bits per heavy atom. The van der Waals surface area contributed by atoms with Crippen LogP contribution in [0.2, 0.25) is 0 Å². The smallest absolute Gasteiger partial charge is 0.234 e. The van der Waals surface area contributed by atoms with Crippen LogP contribution in [-0.2, 0) is 4.79 Å². The van der Waals surface area contributed by atoms with Crippen LogP contribution in [0, 0.1) is 6.92 Å². The molecule has 2 rings (SSSR count). The number of thioether (sulfide) groups is 1. The zero-order chi connectivity index (χ0) is 14.5. The maximum atomic E-state index is 11.9. The van der Waals surface area contributed by atoms with E-state index in [1.807, 2.05) is 37.3 Å². The van der Waals surface area contributed by atoms with Crippen LogP contribution >= 0.6 is 27.7 Å². The Labute approximate surface area is 130 Å². The third kappa shape index (κ3) is 4.25. The first kappa shape index (κ1) is 14.9. The number of carbonyl (C=O) groups excluding carboxylic acids is 1. The molecule has 2 aromatic rings. The number of aromatic nitrogens is 1. The van der Waals surface area contributed by atoms with Crippen molar-refractivity contribution in [3.05, 3.63) is 46.6 Å². The van der Waals surface area contributed by atoms with Crippen molar-refractivity contribution in [3.63, 3.8) is 0 Å². The summed E-state index contributed by atoms with van der Waals surface area (Å²) in [6.07, 6.45) is 1.71. The molecular weight excluding hydrogens is 338 g/mol. The zero-order valence-electron chi connectivity index (χ0n) is 10.9. The third-order valence-corrected chi connectivity index (χ3v) is 3.95. The quantitative estimate of drug-likeness (QED) is 0.653. The lowest BCUT2D eigenvalue weighted by molar-refractivity contribution is -0.113. The molecule has 0 aliphatic heterocycles. The molecule has 6 heteroatoms. The molecule has 0 spiro atoms. The highest BCUT2D eigenvalue weighted by Crippen LogP contribution is 2.21. The molecule has 3 N–H and O–H groups in total. The minimum absolute atomic E-state index is 0.102. The molecule has 0 saturated carbocycles. The van der Waals surface area contributed by atoms with E-state index in [4.69, 9.17) is 5.73 Å². The Balaban J connectivity index is 1.90. The Bertz CT molecular complexity index is 616. The van der Waals surface area contributed by atoms with Gasteiger partial charge in [0.05, 0.1) is 22.2 Å². The van der Waals surface area contributed by atoms with Gasteiger partial charge in [-0.2, -0.15) is 0 Å². The molecule has 0 atom stereocenters. The van der Waals surface area contributed by atoms with Crippen LogP contribution in [0.1, 0.15) is 5.56 Å². The van der Waals surface area contributed by atoms with Crippen molar-refractivity contribution in [1.82, 2.24) is 4.98 Å². The molecule has 4 nitrogen and oxygen atoms in total. The summed E-state index contributed by atoms with van der Waals surface area (Å²) in [6.45, 7) is 1.96. The van der Waals surface area contributed by atoms with Gasteiger partial charge in [0, 0.05) is 10.7 Å². The van der Waals surface area contributed by atoms with Gasteiger partial charge in [-0.15, -0.1) is 0 Å². The van der Waals surface area contributed by atoms with E-state index in [0.717, 1.165) is 15.1 Å². The van der Waals surface area contributed by atoms with Crippen molar-refractivity contribution in [3.8, 4) is 0 Å². The predicted octanol–water partition coefficient (Wildman–Crippen LogP) is 3.47. The van der Waals surface area contributed by atoms with E-state index < -0.39 is 0 Å². The Hall–Kier alpha value is -1.53. The highest BCUT2D eigenvalue weighted by molar-refractivity contribution is 9.10. The molecule has 1 aromatic carbocycles. The molecule has 20 heavy (non-hydrogen) atoms. The van der Waals surface area contributed by atoms with Crippen LogP contribution in [0.25, 0.3) is 0 Å². The summed E-state index contributed by atoms with van der Waals surface area (Å²) < 4.78 is 0.915. The van der Waals surface area contributed by atoms with E-state index in [0.29, 0.717) is 17.1 Å². The average molecular weight is 352 g/mol. The minimum Gasteiger partial charge on any atom is -0.397 e. The SMILES string of the molecule is Cc1ccc(NC(=O)CSc2ccc(Br)cn2)c(N)c1. The summed E-state index contributed by atoms with van der Waals surface area (Å²) in [4.78, 5) is 16.1. The maximum absolute atomic E-state index is 11.9. The molecule has 0 fully saturated rings. The number of aryl methyl sites for hydroxylation is 1. The second-order valence-electron chi connectivity index (χ2n) is 4.24. The molecule has 0 aliphatic rings. The van der Waals surface area contributed by atoms with E-state index >= 15 is 0 Å². The van der Waals surface area contributed by atoms with Crippen molar-refractivity contribution in [1.29, 1.82) is 0 Å². The van der Waals surface area contributed by atoms with Crippen molar-refractivity contribution in [2.75, 3.05) is 16.8 Å². The van der Waals surface area contributed by atoms with Crippen molar-refractivity contribution < 1.29 is 4.79 Å². The summed E-state index contributed by atoms with van der Waals surface area (Å²) in [5, 5.41) is 3.60. The number of hydrogen-bond donors (Lipinski definition) is 2. The predicted molar refractivity (Wildman–Crippen MR) is 86.9 cm³/mol. The molecule has 1 aromatic heterocycles. The third-order valence-electron chi connectivity index (χ3n) is 2.53. The molecule has 0 aliphatic carbocycles. The lowest BCUT2D eigenvalue weighted by atomic mass is 10.2. The molecule has 104 valence electrons. The van der Waals surface area contributed by atoms with Gasteiger partial charge in [0.15, 0.2) is 0 Å². The van der Waals surface area contributed by atoms with Crippen molar-refractivity contribution in [2.45, 2.75) is 11.9 Å². The normalized spacial score (nSPS) is 10.3. The van der Waals surface area contributed by atoms with Crippen LogP contribution in [0.5, 0.6) is 0 Å². The van der Waals surface area contributed by atoms with Gasteiger partial charge in [0.1, 0.15) is 0 Å². The second kappa shape index (κ2) is 6.76. The number of benzene rings is 1. The number of rotatable bonds is 4. The van der Waals surface area contributed by atoms with Crippen LogP contribution < -0.4 is 11.1 Å². The topological polar surface area (TPSA) is 68.0 Å². The molecule has 1 heterocycles. The van der Waals surface area contributed by atoms with E-state index in [2.05, 4.69) is 26.2 Å². The number of hydrogen-bond acceptors (Lipinski definition) is 4. The largest absolute Gasteiger partial charge is 0.397 e. The number of halogens is 1. The highest BCUT2D eigenvalue weighted by Gasteiger charge is 2.06. The number of nitrogens with one attached hydrogen (secondary N) is 1. The standard InChI is InChI=1S/C14H14BrN3OS/c1-9-2-4-12(11(16)6-9)18-13(19)8-20-14-5-3-10(15)7-17-14/h2-7H,8,16H2,1H3,(H,18,19). The van der Waals surface area contributed by atoms with Gasteiger partial charge >= 0.3 is 0 Å². The van der Waals surface area contributed by atoms with E-state index in [1.54, 1.807) is 6.20 Å². The van der Waals surface area contributed by atoms with Crippen LogP contribution in [0.15, 0.2) is 46.0 Å². The number of carbonyl (C=O) groups is 1. The van der Waals surface area contributed by atoms with Crippen LogP contribution in [0.4, 0.5) is 11.4 Å². The lowest BCUT2D eigenvalue weighted by Crippen LogP contribution is -2.15. The van der Waals surface area contributed by atoms with E-state index in [9.17, 15) is 4.79 Å². The van der Waals surface area contributed by atoms with E-state index in [-0.39, 0.29) is 5.91 Å². The van der Waals surface area contributed by atoms with Crippen molar-refractivity contribution in [2.24, 2.45) is 0 Å². The van der Waals surface area contributed by atoms with Crippen molar-refractivity contribution >= 4 is 45.0 Å². The van der Waals surface area contributed by atoms with E-state index in [1.165, 1.54) is 11.8 Å². The summed E-state index contributed by atoms with van der Waals surface area (Å²) >= 11 is 4.70. The fourth-order valence-electron chi connectivity index (χ4n) is 1.57. The van der Waals surface area contributed by atoms with Gasteiger partial charge < -0.3 is 11.1 Å². The summed E-state index contributed by atoms with van der Waals surface area (Å²) in [5.74, 6) is 0.192. The maximum Gasteiger partial charge on any atom is 0.234 e. The number of nitrogen functional groups attached to an aromatic ring is 1. The number of nitrogens with zero attached hydrogens (tertiary/aromatic N) is 1. The van der Waals surface area contributed by atoms with Gasteiger partial charge in [0.2, 0.25) is 5.91 Å². The summed E-state index contributed by atoms with van der Waals surface area (Å²) in [6, 6.07) is 9.31. The fourth-order valence-corrected chi connectivity index (χ4v) is 2.45. The molecule has 0 radical (unpaired) electrons. The number of amides is 1. The second-order valence-corrected chi connectivity index (χ2v) is 6.15. The average Bonchev–Trinajstić information content (AvgIpc) is 2.41. The minimum atomic E-state index is -0.102. The Morgan fingerprint density at radius 3 is 2.85 bits per heavy atom. The molecular formula is C14H14BrN3OS. The molecule has 0 bridgehead atoms. The number of nitrogens with two attached hydrogens (primary N) is 1. The highest BCUT2D eigenvalue weighted by atomic mass is 79.9. The molecule has 0 saturated heterocycles.